The van der Waals surface area contributed by atoms with Gasteiger partial charge >= 0.3 is 0 Å². The van der Waals surface area contributed by atoms with E-state index in [0.717, 1.165) is 40.1 Å². The largest absolute Gasteiger partial charge is 0.490 e. The molecule has 1 aliphatic heterocycles. The van der Waals surface area contributed by atoms with Crippen LogP contribution in [0.2, 0.25) is 5.02 Å². The summed E-state index contributed by atoms with van der Waals surface area (Å²) in [6, 6.07) is 18.7. The number of benzene rings is 3. The molecule has 0 bridgehead atoms. The molecular weight excluding hydrogens is 582 g/mol. The number of aromatic nitrogens is 3. The predicted molar refractivity (Wildman–Crippen MR) is 173 cm³/mol. The molecule has 1 aromatic heterocycles. The van der Waals surface area contributed by atoms with Gasteiger partial charge in [0, 0.05) is 27.7 Å². The van der Waals surface area contributed by atoms with Crippen LogP contribution in [0, 0.1) is 13.8 Å². The third-order valence-electron chi connectivity index (χ3n) is 7.29. The molecule has 3 aromatic carbocycles. The Morgan fingerprint density at radius 3 is 2.63 bits per heavy atom. The standard InChI is InChI=1S/C33H36ClN5O3S/c1-6-17-43-33-37-32-35-22(5)29(31(40)36-26-14-10-11-20(3)21(26)4)30(39(32)38-33)23-15-16-27(28(18-23)41-7-2)42-19-24-12-8-9-13-25(24)34/h8-16,18,30H,6-7,17,19H2,1-5H3,(H,36,40)(H,35,37,38). The number of ether oxygens (including phenoxy) is 2. The van der Waals surface area contributed by atoms with Gasteiger partial charge in [-0.05, 0) is 75.1 Å². The molecule has 1 unspecified atom stereocenters. The molecule has 0 spiro atoms. The van der Waals surface area contributed by atoms with Crippen molar-refractivity contribution in [2.24, 2.45) is 0 Å². The second-order valence-corrected chi connectivity index (χ2v) is 11.8. The van der Waals surface area contributed by atoms with Gasteiger partial charge in [-0.2, -0.15) is 4.98 Å². The molecule has 2 heterocycles. The second-order valence-electron chi connectivity index (χ2n) is 10.3. The Labute approximate surface area is 261 Å². The fourth-order valence-corrected chi connectivity index (χ4v) is 5.79. The van der Waals surface area contributed by atoms with Gasteiger partial charge in [-0.15, -0.1) is 5.10 Å². The van der Waals surface area contributed by atoms with Crippen molar-refractivity contribution in [2.75, 3.05) is 23.0 Å². The highest BCUT2D eigenvalue weighted by molar-refractivity contribution is 7.99. The van der Waals surface area contributed by atoms with E-state index in [-0.39, 0.29) is 5.91 Å². The van der Waals surface area contributed by atoms with Crippen molar-refractivity contribution in [1.82, 2.24) is 14.8 Å². The molecule has 10 heteroatoms. The first-order chi connectivity index (χ1) is 20.8. The van der Waals surface area contributed by atoms with Gasteiger partial charge in [0.05, 0.1) is 12.2 Å². The molecular formula is C33H36ClN5O3S. The molecule has 4 aromatic rings. The summed E-state index contributed by atoms with van der Waals surface area (Å²) in [5, 5.41) is 12.6. The Morgan fingerprint density at radius 1 is 1.05 bits per heavy atom. The second kappa shape index (κ2) is 13.6. The molecule has 5 rings (SSSR count). The van der Waals surface area contributed by atoms with Crippen molar-refractivity contribution < 1.29 is 14.3 Å². The van der Waals surface area contributed by atoms with E-state index >= 15 is 0 Å². The molecule has 0 fully saturated rings. The van der Waals surface area contributed by atoms with Gasteiger partial charge in [0.1, 0.15) is 12.6 Å². The van der Waals surface area contributed by atoms with Gasteiger partial charge in [-0.1, -0.05) is 66.7 Å². The van der Waals surface area contributed by atoms with Gasteiger partial charge in [0.15, 0.2) is 11.5 Å². The molecule has 0 radical (unpaired) electrons. The summed E-state index contributed by atoms with van der Waals surface area (Å²) in [5.41, 5.74) is 5.83. The van der Waals surface area contributed by atoms with Crippen LogP contribution in [-0.4, -0.2) is 33.0 Å². The van der Waals surface area contributed by atoms with Gasteiger partial charge < -0.3 is 20.1 Å². The van der Waals surface area contributed by atoms with Gasteiger partial charge in [-0.3, -0.25) is 4.79 Å². The number of amides is 1. The molecule has 0 saturated heterocycles. The first-order valence-electron chi connectivity index (χ1n) is 14.4. The number of carbonyl (C=O) groups excluding carboxylic acids is 1. The first kappa shape index (κ1) is 30.5. The van der Waals surface area contributed by atoms with Gasteiger partial charge in [0.25, 0.3) is 5.91 Å². The monoisotopic (exact) mass is 617 g/mol. The number of hydrogen-bond donors (Lipinski definition) is 2. The number of halogens is 1. The molecule has 224 valence electrons. The number of allylic oxidation sites excluding steroid dienone is 1. The SMILES string of the molecule is CCCSc1nc2n(n1)C(c1ccc(OCc3ccccc3Cl)c(OCC)c1)C(C(=O)Nc1cccc(C)c1C)=C(C)N2. The summed E-state index contributed by atoms with van der Waals surface area (Å²) in [5.74, 6) is 2.41. The van der Waals surface area contributed by atoms with Crippen molar-refractivity contribution >= 4 is 40.9 Å². The summed E-state index contributed by atoms with van der Waals surface area (Å²) in [6.45, 7) is 10.7. The number of hydrogen-bond acceptors (Lipinski definition) is 7. The van der Waals surface area contributed by atoms with Crippen LogP contribution >= 0.6 is 23.4 Å². The number of nitrogens with zero attached hydrogens (tertiary/aromatic N) is 3. The van der Waals surface area contributed by atoms with E-state index in [1.165, 1.54) is 0 Å². The van der Waals surface area contributed by atoms with E-state index in [1.807, 2.05) is 88.4 Å². The van der Waals surface area contributed by atoms with Crippen LogP contribution in [0.3, 0.4) is 0 Å². The molecule has 8 nitrogen and oxygen atoms in total. The smallest absolute Gasteiger partial charge is 0.255 e. The third kappa shape index (κ3) is 6.68. The minimum Gasteiger partial charge on any atom is -0.490 e. The minimum absolute atomic E-state index is 0.218. The highest BCUT2D eigenvalue weighted by Crippen LogP contribution is 2.40. The Balaban J connectivity index is 1.54. The number of nitrogens with one attached hydrogen (secondary N) is 2. The lowest BCUT2D eigenvalue weighted by atomic mass is 9.94. The Morgan fingerprint density at radius 2 is 1.86 bits per heavy atom. The summed E-state index contributed by atoms with van der Waals surface area (Å²) in [7, 11) is 0. The van der Waals surface area contributed by atoms with Crippen molar-refractivity contribution in [3.63, 3.8) is 0 Å². The van der Waals surface area contributed by atoms with Crippen LogP contribution in [0.1, 0.15) is 55.5 Å². The van der Waals surface area contributed by atoms with E-state index in [4.69, 9.17) is 31.2 Å². The van der Waals surface area contributed by atoms with E-state index in [2.05, 4.69) is 17.6 Å². The van der Waals surface area contributed by atoms with Crippen molar-refractivity contribution in [1.29, 1.82) is 0 Å². The Kier molecular flexibility index (Phi) is 9.62. The highest BCUT2D eigenvalue weighted by atomic mass is 35.5. The van der Waals surface area contributed by atoms with Crippen LogP contribution in [-0.2, 0) is 11.4 Å². The summed E-state index contributed by atoms with van der Waals surface area (Å²) >= 11 is 7.95. The maximum Gasteiger partial charge on any atom is 0.255 e. The van der Waals surface area contributed by atoms with Crippen molar-refractivity contribution in [2.45, 2.75) is 58.8 Å². The van der Waals surface area contributed by atoms with E-state index in [9.17, 15) is 4.79 Å². The maximum absolute atomic E-state index is 14.0. The molecule has 1 aliphatic rings. The highest BCUT2D eigenvalue weighted by Gasteiger charge is 2.35. The Bertz CT molecular complexity index is 1670. The lowest BCUT2D eigenvalue weighted by molar-refractivity contribution is -0.113. The first-order valence-corrected chi connectivity index (χ1v) is 15.7. The summed E-state index contributed by atoms with van der Waals surface area (Å²) in [6.07, 6.45) is 1.000. The van der Waals surface area contributed by atoms with Crippen LogP contribution in [0.25, 0.3) is 0 Å². The zero-order valence-corrected chi connectivity index (χ0v) is 26.6. The van der Waals surface area contributed by atoms with E-state index in [1.54, 1.807) is 16.4 Å². The lowest BCUT2D eigenvalue weighted by Crippen LogP contribution is -2.31. The van der Waals surface area contributed by atoms with Crippen LogP contribution in [0.5, 0.6) is 11.5 Å². The zero-order chi connectivity index (χ0) is 30.5. The van der Waals surface area contributed by atoms with Crippen LogP contribution in [0.4, 0.5) is 11.6 Å². The molecule has 2 N–H and O–H groups in total. The normalized spacial score (nSPS) is 14.2. The molecule has 0 aliphatic carbocycles. The maximum atomic E-state index is 14.0. The number of fused-ring (bicyclic) bond motifs is 1. The average Bonchev–Trinajstić information content (AvgIpc) is 3.40. The van der Waals surface area contributed by atoms with E-state index < -0.39 is 6.04 Å². The van der Waals surface area contributed by atoms with Crippen LogP contribution < -0.4 is 20.1 Å². The molecule has 1 atom stereocenters. The van der Waals surface area contributed by atoms with Crippen molar-refractivity contribution in [3.8, 4) is 11.5 Å². The van der Waals surface area contributed by atoms with Gasteiger partial charge in [0.2, 0.25) is 11.1 Å². The number of aryl methyl sites for hydroxylation is 1. The fourth-order valence-electron chi connectivity index (χ4n) is 4.92. The van der Waals surface area contributed by atoms with Crippen LogP contribution in [0.15, 0.2) is 77.1 Å². The quantitative estimate of drug-likeness (QED) is 0.165. The molecule has 1 amide bonds. The fraction of sp³-hybridized carbons (Fsp3) is 0.303. The van der Waals surface area contributed by atoms with Gasteiger partial charge in [-0.25, -0.2) is 4.68 Å². The Hall–Kier alpha value is -3.95. The summed E-state index contributed by atoms with van der Waals surface area (Å²) in [4.78, 5) is 18.8. The predicted octanol–water partition coefficient (Wildman–Crippen LogP) is 7.96. The molecule has 43 heavy (non-hydrogen) atoms. The zero-order valence-electron chi connectivity index (χ0n) is 25.0. The topological polar surface area (TPSA) is 90.3 Å². The summed E-state index contributed by atoms with van der Waals surface area (Å²) < 4.78 is 14.0. The average molecular weight is 618 g/mol. The number of thioether (sulfide) groups is 1. The number of anilines is 2. The van der Waals surface area contributed by atoms with E-state index in [0.29, 0.717) is 52.1 Å². The van der Waals surface area contributed by atoms with Crippen molar-refractivity contribution in [3.05, 3.63) is 99.2 Å². The minimum atomic E-state index is -0.554. The third-order valence-corrected chi connectivity index (χ3v) is 8.70. The molecule has 0 saturated carbocycles. The number of carbonyl (C=O) groups is 1. The number of rotatable bonds is 11. The lowest BCUT2D eigenvalue weighted by Gasteiger charge is -2.29.